The molecule has 0 bridgehead atoms. The highest BCUT2D eigenvalue weighted by Crippen LogP contribution is 2.19. The van der Waals surface area contributed by atoms with Gasteiger partial charge in [0, 0.05) is 16.8 Å². The first kappa shape index (κ1) is 23.9. The van der Waals surface area contributed by atoms with Gasteiger partial charge in [-0.25, -0.2) is 14.3 Å². The molecule has 5 rings (SSSR count). The summed E-state index contributed by atoms with van der Waals surface area (Å²) < 4.78 is 3.04. The first-order valence-corrected chi connectivity index (χ1v) is 11.8. The second-order valence-electron chi connectivity index (χ2n) is 8.97. The van der Waals surface area contributed by atoms with Crippen molar-refractivity contribution >= 4 is 33.6 Å². The van der Waals surface area contributed by atoms with E-state index in [0.717, 1.165) is 10.9 Å². The van der Waals surface area contributed by atoms with Gasteiger partial charge >= 0.3 is 0 Å². The molecule has 186 valence electrons. The van der Waals surface area contributed by atoms with Crippen molar-refractivity contribution in [3.8, 4) is 0 Å². The van der Waals surface area contributed by atoms with Crippen LogP contribution in [-0.4, -0.2) is 36.4 Å². The second kappa shape index (κ2) is 9.65. The smallest absolute Gasteiger partial charge is 0.267 e. The number of aromatic nitrogens is 5. The molecule has 0 unspecified atom stereocenters. The quantitative estimate of drug-likeness (QED) is 0.361. The van der Waals surface area contributed by atoms with Crippen LogP contribution in [0.4, 0.5) is 0 Å². The van der Waals surface area contributed by atoms with Crippen molar-refractivity contribution in [1.82, 2.24) is 35.4 Å². The Balaban J connectivity index is 1.42. The molecule has 0 spiro atoms. The summed E-state index contributed by atoms with van der Waals surface area (Å²) in [5.41, 5.74) is 6.96. The van der Waals surface area contributed by atoms with Crippen molar-refractivity contribution < 1.29 is 9.59 Å². The molecule has 0 fully saturated rings. The van der Waals surface area contributed by atoms with E-state index in [1.807, 2.05) is 44.2 Å². The summed E-state index contributed by atoms with van der Waals surface area (Å²) in [6.45, 7) is 5.93. The average Bonchev–Trinajstić information content (AvgIpc) is 3.32. The fraction of sp³-hybridized carbons (Fsp3) is 0.185. The molecule has 0 saturated carbocycles. The van der Waals surface area contributed by atoms with E-state index in [4.69, 9.17) is 0 Å². The van der Waals surface area contributed by atoms with Gasteiger partial charge in [0.25, 0.3) is 17.4 Å². The second-order valence-corrected chi connectivity index (χ2v) is 8.97. The summed E-state index contributed by atoms with van der Waals surface area (Å²) in [5.74, 6) is -1.18. The van der Waals surface area contributed by atoms with E-state index >= 15 is 0 Å². The molecular weight excluding hydrogens is 470 g/mol. The number of nitrogens with one attached hydrogen (secondary N) is 2. The predicted octanol–water partition coefficient (Wildman–Crippen LogP) is 3.15. The van der Waals surface area contributed by atoms with E-state index in [-0.39, 0.29) is 23.8 Å². The number of carbonyl (C=O) groups is 2. The fourth-order valence-corrected chi connectivity index (χ4v) is 4.18. The minimum absolute atomic E-state index is 0.0231. The predicted molar refractivity (Wildman–Crippen MR) is 139 cm³/mol. The summed E-state index contributed by atoms with van der Waals surface area (Å²) in [6.07, 6.45) is 1.66. The van der Waals surface area contributed by atoms with Gasteiger partial charge in [-0.05, 0) is 38.5 Å². The number of hydrazine groups is 1. The summed E-state index contributed by atoms with van der Waals surface area (Å²) >= 11 is 0. The van der Waals surface area contributed by atoms with Crippen molar-refractivity contribution in [3.05, 3.63) is 99.7 Å². The van der Waals surface area contributed by atoms with Crippen molar-refractivity contribution in [3.63, 3.8) is 0 Å². The summed E-state index contributed by atoms with van der Waals surface area (Å²) in [7, 11) is 0. The Morgan fingerprint density at radius 1 is 0.946 bits per heavy atom. The molecule has 2 aromatic carbocycles. The zero-order valence-corrected chi connectivity index (χ0v) is 20.6. The van der Waals surface area contributed by atoms with E-state index < -0.39 is 11.8 Å². The highest BCUT2D eigenvalue weighted by atomic mass is 16.2. The van der Waals surface area contributed by atoms with E-state index in [9.17, 15) is 14.4 Å². The third-order valence-electron chi connectivity index (χ3n) is 6.04. The highest BCUT2D eigenvalue weighted by molar-refractivity contribution is 6.06. The average molecular weight is 496 g/mol. The molecule has 0 aliphatic rings. The molecule has 0 atom stereocenters. The minimum atomic E-state index is -0.648. The summed E-state index contributed by atoms with van der Waals surface area (Å²) in [4.78, 5) is 43.7. The Hall–Kier alpha value is -4.86. The van der Waals surface area contributed by atoms with Crippen molar-refractivity contribution in [2.45, 2.75) is 33.4 Å². The molecular formula is C27H25N7O3. The maximum absolute atomic E-state index is 13.2. The summed E-state index contributed by atoms with van der Waals surface area (Å²) in [5, 5.41) is 10.2. The van der Waals surface area contributed by atoms with Crippen LogP contribution < -0.4 is 16.4 Å². The minimum Gasteiger partial charge on any atom is -0.267 e. The van der Waals surface area contributed by atoms with E-state index in [2.05, 4.69) is 26.0 Å². The highest BCUT2D eigenvalue weighted by Gasteiger charge is 2.19. The number of hydrogen-bond donors (Lipinski definition) is 2. The van der Waals surface area contributed by atoms with E-state index in [0.29, 0.717) is 27.7 Å². The Morgan fingerprint density at radius 3 is 2.35 bits per heavy atom. The number of amides is 2. The fourth-order valence-electron chi connectivity index (χ4n) is 4.18. The zero-order chi connectivity index (χ0) is 26.1. The number of rotatable bonds is 5. The van der Waals surface area contributed by atoms with Crippen LogP contribution in [0.25, 0.3) is 21.8 Å². The van der Waals surface area contributed by atoms with Crippen molar-refractivity contribution in [2.75, 3.05) is 0 Å². The molecule has 3 heterocycles. The molecule has 2 amide bonds. The van der Waals surface area contributed by atoms with E-state index in [1.165, 1.54) is 4.68 Å². The van der Waals surface area contributed by atoms with Crippen LogP contribution in [0.15, 0.2) is 71.7 Å². The maximum atomic E-state index is 13.2. The van der Waals surface area contributed by atoms with Gasteiger partial charge in [0.1, 0.15) is 0 Å². The molecule has 3 aromatic heterocycles. The number of benzene rings is 2. The Kier molecular flexibility index (Phi) is 6.22. The van der Waals surface area contributed by atoms with Crippen molar-refractivity contribution in [2.24, 2.45) is 0 Å². The lowest BCUT2D eigenvalue weighted by atomic mass is 10.1. The lowest BCUT2D eigenvalue weighted by molar-refractivity contribution is 0.0843. The van der Waals surface area contributed by atoms with Gasteiger partial charge in [0.2, 0.25) is 0 Å². The topological polar surface area (TPSA) is 124 Å². The van der Waals surface area contributed by atoms with Gasteiger partial charge in [0.15, 0.2) is 11.3 Å². The van der Waals surface area contributed by atoms with Gasteiger partial charge in [0.05, 0.1) is 29.4 Å². The largest absolute Gasteiger partial charge is 0.290 e. The van der Waals surface area contributed by atoms with Gasteiger partial charge in [-0.2, -0.15) is 10.2 Å². The molecule has 10 nitrogen and oxygen atoms in total. The first-order chi connectivity index (χ1) is 17.8. The number of aryl methyl sites for hydroxylation is 1. The van der Waals surface area contributed by atoms with Gasteiger partial charge < -0.3 is 0 Å². The van der Waals surface area contributed by atoms with Crippen LogP contribution in [0, 0.1) is 6.92 Å². The zero-order valence-electron chi connectivity index (χ0n) is 20.6. The Bertz CT molecular complexity index is 1700. The molecule has 37 heavy (non-hydrogen) atoms. The molecule has 0 aliphatic heterocycles. The summed E-state index contributed by atoms with van der Waals surface area (Å²) in [6, 6.07) is 17.9. The van der Waals surface area contributed by atoms with Crippen LogP contribution in [-0.2, 0) is 6.54 Å². The molecule has 5 aromatic rings. The van der Waals surface area contributed by atoms with Crippen LogP contribution in [0.1, 0.15) is 52.0 Å². The first-order valence-electron chi connectivity index (χ1n) is 11.8. The van der Waals surface area contributed by atoms with E-state index in [1.54, 1.807) is 48.1 Å². The molecule has 10 heteroatoms. The van der Waals surface area contributed by atoms with Gasteiger partial charge in [-0.1, -0.05) is 48.5 Å². The SMILES string of the molecule is Cc1nc2c(cnn2C(C)C)cc1C(=O)NNC(=O)c1nn(Cc2ccccc2)c(=O)c2ccccc12. The normalized spacial score (nSPS) is 11.2. The monoisotopic (exact) mass is 495 g/mol. The number of carbonyl (C=O) groups excluding carboxylic acids is 2. The number of hydrogen-bond acceptors (Lipinski definition) is 6. The van der Waals surface area contributed by atoms with Crippen LogP contribution in [0.3, 0.4) is 0 Å². The lowest BCUT2D eigenvalue weighted by Crippen LogP contribution is -2.43. The van der Waals surface area contributed by atoms with Gasteiger partial charge in [-0.15, -0.1) is 0 Å². The van der Waals surface area contributed by atoms with Crippen LogP contribution in [0.2, 0.25) is 0 Å². The Morgan fingerprint density at radius 2 is 1.62 bits per heavy atom. The molecule has 0 aliphatic carbocycles. The molecule has 0 saturated heterocycles. The van der Waals surface area contributed by atoms with Crippen molar-refractivity contribution in [1.29, 1.82) is 0 Å². The maximum Gasteiger partial charge on any atom is 0.290 e. The third-order valence-corrected chi connectivity index (χ3v) is 6.04. The third kappa shape index (κ3) is 4.56. The standard InChI is InChI=1S/C27H25N7O3/c1-16(2)34-24-19(14-28-34)13-22(17(3)29-24)25(35)30-31-26(36)23-20-11-7-8-12-21(20)27(37)33(32-23)15-18-9-5-4-6-10-18/h4-14,16H,15H2,1-3H3,(H,30,35)(H,31,36). The lowest BCUT2D eigenvalue weighted by Gasteiger charge is -2.13. The Labute approximate surface area is 211 Å². The van der Waals surface area contributed by atoms with Crippen LogP contribution >= 0.6 is 0 Å². The number of nitrogens with zero attached hydrogens (tertiary/aromatic N) is 5. The number of pyridine rings is 1. The van der Waals surface area contributed by atoms with Gasteiger partial charge in [-0.3, -0.25) is 25.2 Å². The number of fused-ring (bicyclic) bond motifs is 2. The molecule has 2 N–H and O–H groups in total. The van der Waals surface area contributed by atoms with Crippen LogP contribution in [0.5, 0.6) is 0 Å². The molecule has 0 radical (unpaired) electrons.